The fraction of sp³-hybridized carbons (Fsp3) is 0.286. The van der Waals surface area contributed by atoms with Crippen molar-refractivity contribution in [2.75, 3.05) is 50.7 Å². The van der Waals surface area contributed by atoms with E-state index in [1.54, 1.807) is 18.2 Å². The molecular formula is C21H23ClN4O6. The lowest BCUT2D eigenvalue weighted by atomic mass is 10.1. The van der Waals surface area contributed by atoms with Gasteiger partial charge in [-0.05, 0) is 30.3 Å². The van der Waals surface area contributed by atoms with Gasteiger partial charge in [0.15, 0.2) is 18.1 Å². The first-order valence-corrected chi connectivity index (χ1v) is 9.99. The van der Waals surface area contributed by atoms with Crippen LogP contribution in [0, 0.1) is 0 Å². The van der Waals surface area contributed by atoms with E-state index in [4.69, 9.17) is 31.5 Å². The molecule has 1 fully saturated rings. The van der Waals surface area contributed by atoms with Crippen molar-refractivity contribution in [3.05, 3.63) is 40.9 Å². The number of hydrogen-bond donors (Lipinski definition) is 3. The second-order valence-corrected chi connectivity index (χ2v) is 7.26. The smallest absolute Gasteiger partial charge is 0.255 e. The van der Waals surface area contributed by atoms with E-state index < -0.39 is 11.8 Å². The van der Waals surface area contributed by atoms with Crippen LogP contribution in [-0.2, 0) is 9.59 Å². The Hall–Kier alpha value is -3.66. The van der Waals surface area contributed by atoms with Crippen molar-refractivity contribution < 1.29 is 28.6 Å². The fourth-order valence-electron chi connectivity index (χ4n) is 3.19. The first-order valence-electron chi connectivity index (χ1n) is 9.62. The molecule has 2 aromatic rings. The van der Waals surface area contributed by atoms with Crippen LogP contribution in [0.1, 0.15) is 10.4 Å². The highest BCUT2D eigenvalue weighted by Crippen LogP contribution is 2.39. The number of hydrogen-bond acceptors (Lipinski definition) is 7. The molecule has 0 aromatic heterocycles. The van der Waals surface area contributed by atoms with Gasteiger partial charge in [0.2, 0.25) is 11.7 Å². The highest BCUT2D eigenvalue weighted by Gasteiger charge is 2.21. The number of methoxy groups -OCH3 is 2. The summed E-state index contributed by atoms with van der Waals surface area (Å²) in [5.41, 5.74) is 6.53. The van der Waals surface area contributed by atoms with Crippen LogP contribution in [0.25, 0.3) is 0 Å². The molecule has 0 saturated carbocycles. The number of carbonyl (C=O) groups is 3. The van der Waals surface area contributed by atoms with Gasteiger partial charge in [-0.2, -0.15) is 0 Å². The third-order valence-electron chi connectivity index (χ3n) is 4.67. The third kappa shape index (κ3) is 5.33. The molecule has 170 valence electrons. The predicted molar refractivity (Wildman–Crippen MR) is 119 cm³/mol. The van der Waals surface area contributed by atoms with Crippen LogP contribution in [0.2, 0.25) is 5.02 Å². The Labute approximate surface area is 189 Å². The van der Waals surface area contributed by atoms with Crippen molar-refractivity contribution in [1.82, 2.24) is 5.32 Å². The van der Waals surface area contributed by atoms with Crippen LogP contribution in [0.4, 0.5) is 11.4 Å². The maximum absolute atomic E-state index is 12.8. The lowest BCUT2D eigenvalue weighted by Gasteiger charge is -2.29. The molecule has 10 nitrogen and oxygen atoms in total. The SMILES string of the molecule is COc1cc(C(=O)Nc2ccc(N3CCNC(=O)C3)c(Cl)c2)cc(OC)c1OCC(N)=O. The van der Waals surface area contributed by atoms with Crippen molar-refractivity contribution in [2.45, 2.75) is 0 Å². The molecular weight excluding hydrogens is 440 g/mol. The standard InChI is InChI=1S/C21H23ClN4O6/c1-30-16-7-12(8-17(31-2)20(16)32-11-18(23)27)21(29)25-13-3-4-15(14(22)9-13)26-6-5-24-19(28)10-26/h3-4,7-9H,5-6,10-11H2,1-2H3,(H2,23,27)(H,24,28)(H,25,29). The number of carbonyl (C=O) groups excluding carboxylic acids is 3. The number of rotatable bonds is 8. The van der Waals surface area contributed by atoms with Gasteiger partial charge in [0.25, 0.3) is 11.8 Å². The van der Waals surface area contributed by atoms with E-state index in [2.05, 4.69) is 10.6 Å². The molecule has 0 spiro atoms. The summed E-state index contributed by atoms with van der Waals surface area (Å²) in [6.07, 6.45) is 0. The summed E-state index contributed by atoms with van der Waals surface area (Å²) in [5, 5.41) is 5.93. The lowest BCUT2D eigenvalue weighted by Crippen LogP contribution is -2.47. The lowest BCUT2D eigenvalue weighted by molar-refractivity contribution is -0.121. The second-order valence-electron chi connectivity index (χ2n) is 6.86. The van der Waals surface area contributed by atoms with E-state index >= 15 is 0 Å². The Balaban J connectivity index is 1.79. The molecule has 0 bridgehead atoms. The van der Waals surface area contributed by atoms with Crippen LogP contribution in [0.15, 0.2) is 30.3 Å². The second kappa shape index (κ2) is 10.1. The summed E-state index contributed by atoms with van der Waals surface area (Å²) < 4.78 is 15.9. The minimum Gasteiger partial charge on any atom is -0.493 e. The van der Waals surface area contributed by atoms with Crippen LogP contribution in [0.5, 0.6) is 17.2 Å². The number of halogens is 1. The van der Waals surface area contributed by atoms with Crippen molar-refractivity contribution in [1.29, 1.82) is 0 Å². The van der Waals surface area contributed by atoms with Crippen molar-refractivity contribution >= 4 is 40.7 Å². The predicted octanol–water partition coefficient (Wildman–Crippen LogP) is 1.41. The topological polar surface area (TPSA) is 132 Å². The molecule has 0 unspecified atom stereocenters. The first kappa shape index (κ1) is 23.0. The molecule has 32 heavy (non-hydrogen) atoms. The Kier molecular flexibility index (Phi) is 7.26. The molecule has 1 aliphatic heterocycles. The monoisotopic (exact) mass is 462 g/mol. The van der Waals surface area contributed by atoms with Gasteiger partial charge < -0.3 is 35.5 Å². The van der Waals surface area contributed by atoms with E-state index in [0.29, 0.717) is 29.5 Å². The van der Waals surface area contributed by atoms with Crippen molar-refractivity contribution in [3.8, 4) is 17.2 Å². The summed E-state index contributed by atoms with van der Waals surface area (Å²) >= 11 is 6.40. The number of nitrogens with two attached hydrogens (primary N) is 1. The Morgan fingerprint density at radius 2 is 1.88 bits per heavy atom. The number of benzene rings is 2. The summed E-state index contributed by atoms with van der Waals surface area (Å²) in [7, 11) is 2.79. The first-order chi connectivity index (χ1) is 15.3. The normalized spacial score (nSPS) is 13.2. The quantitative estimate of drug-likeness (QED) is 0.540. The van der Waals surface area contributed by atoms with Crippen molar-refractivity contribution in [2.24, 2.45) is 5.73 Å². The molecule has 0 radical (unpaired) electrons. The van der Waals surface area contributed by atoms with Gasteiger partial charge in [-0.1, -0.05) is 11.6 Å². The molecule has 11 heteroatoms. The van der Waals surface area contributed by atoms with Crippen LogP contribution in [0.3, 0.4) is 0 Å². The zero-order chi connectivity index (χ0) is 23.3. The highest BCUT2D eigenvalue weighted by molar-refractivity contribution is 6.33. The number of anilines is 2. The van der Waals surface area contributed by atoms with Gasteiger partial charge in [-0.15, -0.1) is 0 Å². The van der Waals surface area contributed by atoms with E-state index in [9.17, 15) is 14.4 Å². The van der Waals surface area contributed by atoms with Gasteiger partial charge in [0.05, 0.1) is 31.5 Å². The number of nitrogens with one attached hydrogen (secondary N) is 2. The molecule has 0 aliphatic carbocycles. The minimum atomic E-state index is -0.665. The number of primary amides is 1. The van der Waals surface area contributed by atoms with E-state index in [1.807, 2.05) is 4.90 Å². The van der Waals surface area contributed by atoms with Gasteiger partial charge in [0, 0.05) is 24.3 Å². The largest absolute Gasteiger partial charge is 0.493 e. The number of ether oxygens (including phenoxy) is 3. The summed E-state index contributed by atoms with van der Waals surface area (Å²) in [6.45, 7) is 1.02. The molecule has 0 atom stereocenters. The maximum Gasteiger partial charge on any atom is 0.255 e. The Morgan fingerprint density at radius 1 is 1.19 bits per heavy atom. The van der Waals surface area contributed by atoms with Crippen LogP contribution >= 0.6 is 11.6 Å². The molecule has 3 rings (SSSR count). The zero-order valence-corrected chi connectivity index (χ0v) is 18.3. The van der Waals surface area contributed by atoms with Gasteiger partial charge in [-0.3, -0.25) is 14.4 Å². The Morgan fingerprint density at radius 3 is 2.44 bits per heavy atom. The minimum absolute atomic E-state index is 0.0733. The van der Waals surface area contributed by atoms with Gasteiger partial charge >= 0.3 is 0 Å². The molecule has 3 amide bonds. The fourth-order valence-corrected chi connectivity index (χ4v) is 3.49. The summed E-state index contributed by atoms with van der Waals surface area (Å²) in [5.74, 6) is -0.621. The number of piperazine rings is 1. The van der Waals surface area contributed by atoms with E-state index in [-0.39, 0.29) is 41.9 Å². The van der Waals surface area contributed by atoms with E-state index in [0.717, 1.165) is 0 Å². The third-order valence-corrected chi connectivity index (χ3v) is 4.97. The Bertz CT molecular complexity index is 1020. The van der Waals surface area contributed by atoms with Crippen molar-refractivity contribution in [3.63, 3.8) is 0 Å². The average molecular weight is 463 g/mol. The average Bonchev–Trinajstić information content (AvgIpc) is 2.77. The zero-order valence-electron chi connectivity index (χ0n) is 17.6. The van der Waals surface area contributed by atoms with E-state index in [1.165, 1.54) is 26.4 Å². The highest BCUT2D eigenvalue weighted by atomic mass is 35.5. The maximum atomic E-state index is 12.8. The molecule has 1 aliphatic rings. The molecule has 1 saturated heterocycles. The molecule has 1 heterocycles. The molecule has 4 N–H and O–H groups in total. The van der Waals surface area contributed by atoms with Gasteiger partial charge in [0.1, 0.15) is 0 Å². The molecule has 2 aromatic carbocycles. The number of amides is 3. The van der Waals surface area contributed by atoms with Gasteiger partial charge in [-0.25, -0.2) is 0 Å². The number of nitrogens with zero attached hydrogens (tertiary/aromatic N) is 1. The summed E-state index contributed by atoms with van der Waals surface area (Å²) in [4.78, 5) is 37.4. The van der Waals surface area contributed by atoms with Crippen LogP contribution < -0.4 is 35.5 Å². The summed E-state index contributed by atoms with van der Waals surface area (Å²) in [6, 6.07) is 7.97. The van der Waals surface area contributed by atoms with Crippen LogP contribution in [-0.4, -0.2) is 58.2 Å².